The average Bonchev–Trinajstić information content (AvgIpc) is 2.94. The van der Waals surface area contributed by atoms with Gasteiger partial charge in [0.25, 0.3) is 0 Å². The van der Waals surface area contributed by atoms with Crippen LogP contribution in [0.1, 0.15) is 11.5 Å². The van der Waals surface area contributed by atoms with E-state index in [4.69, 9.17) is 9.15 Å². The quantitative estimate of drug-likeness (QED) is 0.742. The molecule has 0 aliphatic carbocycles. The lowest BCUT2D eigenvalue weighted by molar-refractivity contribution is 0.414. The smallest absolute Gasteiger partial charge is 0.240 e. The third-order valence-corrected chi connectivity index (χ3v) is 5.07. The van der Waals surface area contributed by atoms with Crippen LogP contribution in [0.5, 0.6) is 5.75 Å². The zero-order valence-corrected chi connectivity index (χ0v) is 14.3. The first-order valence-corrected chi connectivity index (χ1v) is 8.96. The molecule has 0 bridgehead atoms. The molecule has 0 spiro atoms. The zero-order valence-electron chi connectivity index (χ0n) is 13.4. The highest BCUT2D eigenvalue weighted by Crippen LogP contribution is 2.19. The molecule has 0 aliphatic heterocycles. The number of aromatic nitrogens is 1. The third-order valence-electron chi connectivity index (χ3n) is 3.62. The lowest BCUT2D eigenvalue weighted by Gasteiger charge is -2.07. The van der Waals surface area contributed by atoms with Gasteiger partial charge in [-0.25, -0.2) is 18.1 Å². The van der Waals surface area contributed by atoms with E-state index in [0.29, 0.717) is 30.0 Å². The predicted octanol–water partition coefficient (Wildman–Crippen LogP) is 2.67. The number of oxazole rings is 1. The normalized spacial score (nSPS) is 11.8. The van der Waals surface area contributed by atoms with Crippen molar-refractivity contribution in [2.45, 2.75) is 18.2 Å². The Morgan fingerprint density at radius 3 is 2.83 bits per heavy atom. The summed E-state index contributed by atoms with van der Waals surface area (Å²) in [6, 6.07) is 12.2. The molecule has 1 aromatic heterocycles. The van der Waals surface area contributed by atoms with Gasteiger partial charge in [0, 0.05) is 13.5 Å². The number of benzene rings is 2. The molecule has 3 rings (SSSR count). The van der Waals surface area contributed by atoms with Crippen molar-refractivity contribution in [2.24, 2.45) is 0 Å². The fourth-order valence-corrected chi connectivity index (χ4v) is 3.48. The molecular weight excluding hydrogens is 328 g/mol. The third kappa shape index (κ3) is 3.58. The highest BCUT2D eigenvalue weighted by molar-refractivity contribution is 7.89. The topological polar surface area (TPSA) is 81.4 Å². The van der Waals surface area contributed by atoms with Crippen LogP contribution in [-0.4, -0.2) is 27.1 Å². The van der Waals surface area contributed by atoms with Crippen molar-refractivity contribution < 1.29 is 17.6 Å². The van der Waals surface area contributed by atoms with Gasteiger partial charge >= 0.3 is 0 Å². The van der Waals surface area contributed by atoms with Crippen LogP contribution in [0.15, 0.2) is 51.8 Å². The maximum atomic E-state index is 12.4. The van der Waals surface area contributed by atoms with Crippen LogP contribution in [0.3, 0.4) is 0 Å². The largest absolute Gasteiger partial charge is 0.497 e. The van der Waals surface area contributed by atoms with Crippen LogP contribution in [0, 0.1) is 6.92 Å². The zero-order chi connectivity index (χ0) is 17.2. The minimum Gasteiger partial charge on any atom is -0.497 e. The fraction of sp³-hybridized carbons (Fsp3) is 0.235. The minimum atomic E-state index is -3.59. The van der Waals surface area contributed by atoms with Crippen molar-refractivity contribution >= 4 is 21.1 Å². The summed E-state index contributed by atoms with van der Waals surface area (Å²) >= 11 is 0. The number of rotatable bonds is 6. The molecular formula is C17H18N2O4S. The SMILES string of the molecule is COc1cccc(CCNS(=O)(=O)c2ccc3oc(C)nc3c2)c1. The van der Waals surface area contributed by atoms with Crippen LogP contribution in [-0.2, 0) is 16.4 Å². The molecule has 7 heteroatoms. The molecule has 2 aromatic carbocycles. The van der Waals surface area contributed by atoms with Crippen LogP contribution in [0.25, 0.3) is 11.1 Å². The number of fused-ring (bicyclic) bond motifs is 1. The van der Waals surface area contributed by atoms with Gasteiger partial charge < -0.3 is 9.15 Å². The molecule has 0 fully saturated rings. The number of ether oxygens (including phenoxy) is 1. The molecule has 0 aliphatic rings. The summed E-state index contributed by atoms with van der Waals surface area (Å²) < 4.78 is 37.9. The van der Waals surface area contributed by atoms with Gasteiger partial charge in [0.1, 0.15) is 11.3 Å². The van der Waals surface area contributed by atoms with Gasteiger partial charge in [0.05, 0.1) is 12.0 Å². The average molecular weight is 346 g/mol. The van der Waals surface area contributed by atoms with E-state index in [0.717, 1.165) is 11.3 Å². The number of methoxy groups -OCH3 is 1. The number of hydrogen-bond donors (Lipinski definition) is 1. The second-order valence-corrected chi connectivity index (χ2v) is 7.13. The summed E-state index contributed by atoms with van der Waals surface area (Å²) in [7, 11) is -1.99. The standard InChI is InChI=1S/C17H18N2O4S/c1-12-19-16-11-15(6-7-17(16)23-12)24(20,21)18-9-8-13-4-3-5-14(10-13)22-2/h3-7,10-11,18H,8-9H2,1-2H3. The van der Waals surface area contributed by atoms with Crippen molar-refractivity contribution in [3.63, 3.8) is 0 Å². The van der Waals surface area contributed by atoms with E-state index in [9.17, 15) is 8.42 Å². The first-order valence-electron chi connectivity index (χ1n) is 7.48. The first kappa shape index (κ1) is 16.5. The summed E-state index contributed by atoms with van der Waals surface area (Å²) in [5.74, 6) is 1.26. The Balaban J connectivity index is 1.70. The van der Waals surface area contributed by atoms with Gasteiger partial charge in [0.15, 0.2) is 11.5 Å². The van der Waals surface area contributed by atoms with E-state index in [-0.39, 0.29) is 4.90 Å². The second-order valence-electron chi connectivity index (χ2n) is 5.36. The summed E-state index contributed by atoms with van der Waals surface area (Å²) in [6.45, 7) is 2.02. The number of sulfonamides is 1. The van der Waals surface area contributed by atoms with Gasteiger partial charge in [0.2, 0.25) is 10.0 Å². The maximum absolute atomic E-state index is 12.4. The molecule has 1 N–H and O–H groups in total. The van der Waals surface area contributed by atoms with Gasteiger partial charge in [-0.1, -0.05) is 12.1 Å². The van der Waals surface area contributed by atoms with Crippen molar-refractivity contribution in [3.8, 4) is 5.75 Å². The van der Waals surface area contributed by atoms with E-state index in [2.05, 4.69) is 9.71 Å². The summed E-state index contributed by atoms with van der Waals surface area (Å²) in [5, 5.41) is 0. The summed E-state index contributed by atoms with van der Waals surface area (Å²) in [6.07, 6.45) is 0.571. The van der Waals surface area contributed by atoms with E-state index in [1.807, 2.05) is 24.3 Å². The van der Waals surface area contributed by atoms with E-state index in [1.165, 1.54) is 12.1 Å². The lowest BCUT2D eigenvalue weighted by Crippen LogP contribution is -2.26. The Labute approximate surface area is 140 Å². The lowest BCUT2D eigenvalue weighted by atomic mass is 10.1. The monoisotopic (exact) mass is 346 g/mol. The molecule has 0 unspecified atom stereocenters. The molecule has 126 valence electrons. The fourth-order valence-electron chi connectivity index (χ4n) is 2.43. The highest BCUT2D eigenvalue weighted by atomic mass is 32.2. The van der Waals surface area contributed by atoms with Gasteiger partial charge in [-0.05, 0) is 42.3 Å². The molecule has 0 radical (unpaired) electrons. The minimum absolute atomic E-state index is 0.175. The van der Waals surface area contributed by atoms with E-state index < -0.39 is 10.0 Å². The Morgan fingerprint density at radius 1 is 1.21 bits per heavy atom. The second kappa shape index (κ2) is 6.62. The Hall–Kier alpha value is -2.38. The Bertz CT molecular complexity index is 964. The highest BCUT2D eigenvalue weighted by Gasteiger charge is 2.15. The number of nitrogens with zero attached hydrogens (tertiary/aromatic N) is 1. The van der Waals surface area contributed by atoms with Crippen LogP contribution >= 0.6 is 0 Å². The predicted molar refractivity (Wildman–Crippen MR) is 90.6 cm³/mol. The van der Waals surface area contributed by atoms with Crippen molar-refractivity contribution in [1.82, 2.24) is 9.71 Å². The van der Waals surface area contributed by atoms with Crippen LogP contribution < -0.4 is 9.46 Å². The molecule has 0 atom stereocenters. The van der Waals surface area contributed by atoms with Crippen molar-refractivity contribution in [2.75, 3.05) is 13.7 Å². The van der Waals surface area contributed by atoms with Crippen molar-refractivity contribution in [3.05, 3.63) is 53.9 Å². The number of hydrogen-bond acceptors (Lipinski definition) is 5. The van der Waals surface area contributed by atoms with E-state index >= 15 is 0 Å². The van der Waals surface area contributed by atoms with Crippen molar-refractivity contribution in [1.29, 1.82) is 0 Å². The molecule has 0 saturated heterocycles. The van der Waals surface area contributed by atoms with Crippen LogP contribution in [0.2, 0.25) is 0 Å². The first-order chi connectivity index (χ1) is 11.5. The molecule has 3 aromatic rings. The van der Waals surface area contributed by atoms with Gasteiger partial charge in [-0.3, -0.25) is 0 Å². The molecule has 1 heterocycles. The van der Waals surface area contributed by atoms with E-state index in [1.54, 1.807) is 20.1 Å². The van der Waals surface area contributed by atoms with Crippen LogP contribution in [0.4, 0.5) is 0 Å². The summed E-state index contributed by atoms with van der Waals surface area (Å²) in [4.78, 5) is 4.34. The summed E-state index contributed by atoms with van der Waals surface area (Å²) in [5.41, 5.74) is 2.10. The molecule has 24 heavy (non-hydrogen) atoms. The molecule has 0 saturated carbocycles. The maximum Gasteiger partial charge on any atom is 0.240 e. The molecule has 6 nitrogen and oxygen atoms in total. The Morgan fingerprint density at radius 2 is 2.04 bits per heavy atom. The number of nitrogens with one attached hydrogen (secondary N) is 1. The number of aryl methyl sites for hydroxylation is 1. The van der Waals surface area contributed by atoms with Gasteiger partial charge in [-0.2, -0.15) is 0 Å². The molecule has 0 amide bonds. The Kier molecular flexibility index (Phi) is 4.55. The van der Waals surface area contributed by atoms with Gasteiger partial charge in [-0.15, -0.1) is 0 Å².